The first-order valence-corrected chi connectivity index (χ1v) is 10.2. The molecule has 0 saturated carbocycles. The van der Waals surface area contributed by atoms with Gasteiger partial charge in [0.1, 0.15) is 5.82 Å². The number of amides is 1. The van der Waals surface area contributed by atoms with E-state index in [0.717, 1.165) is 27.0 Å². The summed E-state index contributed by atoms with van der Waals surface area (Å²) in [6.45, 7) is 2.24. The number of aryl methyl sites for hydroxylation is 1. The Morgan fingerprint density at radius 3 is 2.69 bits per heavy atom. The molecular weight excluding hydrogens is 409 g/mol. The largest absolute Gasteiger partial charge is 0.282 e. The molecule has 0 aliphatic rings. The molecule has 0 aliphatic carbocycles. The van der Waals surface area contributed by atoms with Crippen molar-refractivity contribution in [2.75, 3.05) is 4.90 Å². The van der Waals surface area contributed by atoms with Crippen LogP contribution in [0.15, 0.2) is 60.8 Å². The molecule has 0 aliphatic heterocycles. The second-order valence-electron chi connectivity index (χ2n) is 6.67. The number of hydrogen-bond donors (Lipinski definition) is 0. The molecule has 0 spiro atoms. The molecule has 4 nitrogen and oxygen atoms in total. The molecule has 2 heterocycles. The number of carbonyl (C=O) groups excluding carboxylic acids is 1. The standard InChI is InChI=1S/C22H17ClFN3OS/c1-14-10-16(23)12-19-21(14)26-22(29-19)27(13-18-4-2-3-9-25-18)20(28)11-15-5-7-17(24)8-6-15/h2-10,12H,11,13H2,1H3. The van der Waals surface area contributed by atoms with E-state index >= 15 is 0 Å². The van der Waals surface area contributed by atoms with Crippen molar-refractivity contribution in [2.45, 2.75) is 19.9 Å². The average molecular weight is 426 g/mol. The Bertz CT molecular complexity index is 1160. The molecule has 29 heavy (non-hydrogen) atoms. The van der Waals surface area contributed by atoms with Crippen LogP contribution in [0.5, 0.6) is 0 Å². The van der Waals surface area contributed by atoms with Crippen molar-refractivity contribution in [3.8, 4) is 0 Å². The summed E-state index contributed by atoms with van der Waals surface area (Å²) in [5.41, 5.74) is 3.28. The maximum Gasteiger partial charge on any atom is 0.233 e. The number of benzene rings is 2. The lowest BCUT2D eigenvalue weighted by Crippen LogP contribution is -2.32. The SMILES string of the molecule is Cc1cc(Cl)cc2sc(N(Cc3ccccn3)C(=O)Cc3ccc(F)cc3)nc12. The summed E-state index contributed by atoms with van der Waals surface area (Å²) in [5.74, 6) is -0.463. The summed E-state index contributed by atoms with van der Waals surface area (Å²) in [7, 11) is 0. The van der Waals surface area contributed by atoms with Gasteiger partial charge in [-0.2, -0.15) is 0 Å². The lowest BCUT2D eigenvalue weighted by atomic mass is 10.1. The summed E-state index contributed by atoms with van der Waals surface area (Å²) in [6.07, 6.45) is 1.84. The monoisotopic (exact) mass is 425 g/mol. The topological polar surface area (TPSA) is 46.1 Å². The molecule has 146 valence electrons. The second kappa shape index (κ2) is 8.27. The molecule has 2 aromatic heterocycles. The van der Waals surface area contributed by atoms with E-state index in [4.69, 9.17) is 16.6 Å². The Kier molecular flexibility index (Phi) is 5.56. The van der Waals surface area contributed by atoms with E-state index in [2.05, 4.69) is 4.98 Å². The third-order valence-electron chi connectivity index (χ3n) is 4.49. The lowest BCUT2D eigenvalue weighted by molar-refractivity contribution is -0.118. The van der Waals surface area contributed by atoms with Crippen molar-refractivity contribution in [1.29, 1.82) is 0 Å². The summed E-state index contributed by atoms with van der Waals surface area (Å²) in [6, 6.07) is 15.2. The van der Waals surface area contributed by atoms with Gasteiger partial charge in [-0.25, -0.2) is 9.37 Å². The lowest BCUT2D eigenvalue weighted by Gasteiger charge is -2.19. The van der Waals surface area contributed by atoms with Gasteiger partial charge in [-0.1, -0.05) is 41.1 Å². The highest BCUT2D eigenvalue weighted by Gasteiger charge is 2.21. The molecule has 0 radical (unpaired) electrons. The first-order chi connectivity index (χ1) is 14.0. The second-order valence-corrected chi connectivity index (χ2v) is 8.12. The van der Waals surface area contributed by atoms with Gasteiger partial charge < -0.3 is 0 Å². The van der Waals surface area contributed by atoms with E-state index < -0.39 is 0 Å². The maximum atomic E-state index is 13.2. The van der Waals surface area contributed by atoms with Crippen molar-refractivity contribution in [2.24, 2.45) is 0 Å². The number of rotatable bonds is 5. The van der Waals surface area contributed by atoms with E-state index in [0.29, 0.717) is 16.7 Å². The molecule has 0 N–H and O–H groups in total. The number of halogens is 2. The summed E-state index contributed by atoms with van der Waals surface area (Å²) < 4.78 is 14.1. The van der Waals surface area contributed by atoms with Gasteiger partial charge in [-0.15, -0.1) is 0 Å². The third-order valence-corrected chi connectivity index (χ3v) is 5.73. The number of thiazole rings is 1. The fourth-order valence-corrected chi connectivity index (χ4v) is 4.48. The van der Waals surface area contributed by atoms with Gasteiger partial charge in [0.15, 0.2) is 5.13 Å². The smallest absolute Gasteiger partial charge is 0.233 e. The molecular formula is C22H17ClFN3OS. The van der Waals surface area contributed by atoms with Crippen LogP contribution in [0, 0.1) is 12.7 Å². The Morgan fingerprint density at radius 2 is 1.97 bits per heavy atom. The number of carbonyl (C=O) groups is 1. The predicted octanol–water partition coefficient (Wildman–Crippen LogP) is 5.57. The van der Waals surface area contributed by atoms with Crippen LogP contribution in [0.3, 0.4) is 0 Å². The molecule has 0 unspecified atom stereocenters. The number of fused-ring (bicyclic) bond motifs is 1. The van der Waals surface area contributed by atoms with E-state index in [1.165, 1.54) is 23.5 Å². The first-order valence-electron chi connectivity index (χ1n) is 9.01. The minimum Gasteiger partial charge on any atom is -0.282 e. The van der Waals surface area contributed by atoms with Crippen molar-refractivity contribution >= 4 is 44.2 Å². The fourth-order valence-electron chi connectivity index (χ4n) is 3.05. The number of pyridine rings is 1. The highest BCUT2D eigenvalue weighted by atomic mass is 35.5. The zero-order chi connectivity index (χ0) is 20.4. The average Bonchev–Trinajstić information content (AvgIpc) is 3.12. The summed E-state index contributed by atoms with van der Waals surface area (Å²) in [5, 5.41) is 1.22. The molecule has 1 amide bonds. The Morgan fingerprint density at radius 1 is 1.17 bits per heavy atom. The maximum absolute atomic E-state index is 13.2. The van der Waals surface area contributed by atoms with Crippen molar-refractivity contribution in [1.82, 2.24) is 9.97 Å². The minimum atomic E-state index is -0.329. The molecule has 0 atom stereocenters. The third kappa shape index (κ3) is 4.44. The van der Waals surface area contributed by atoms with Crippen LogP contribution in [-0.4, -0.2) is 15.9 Å². The Balaban J connectivity index is 1.70. The normalized spacial score (nSPS) is 11.0. The first kappa shape index (κ1) is 19.5. The molecule has 0 saturated heterocycles. The zero-order valence-corrected chi connectivity index (χ0v) is 17.2. The zero-order valence-electron chi connectivity index (χ0n) is 15.6. The molecule has 4 aromatic rings. The van der Waals surface area contributed by atoms with Gasteiger partial charge in [-0.3, -0.25) is 14.7 Å². The summed E-state index contributed by atoms with van der Waals surface area (Å²) >= 11 is 7.60. The summed E-state index contributed by atoms with van der Waals surface area (Å²) in [4.78, 5) is 23.9. The van der Waals surface area contributed by atoms with Gasteiger partial charge in [-0.05, 0) is 54.4 Å². The minimum absolute atomic E-state index is 0.134. The van der Waals surface area contributed by atoms with E-state index in [1.807, 2.05) is 37.3 Å². The van der Waals surface area contributed by atoms with E-state index in [9.17, 15) is 9.18 Å². The number of anilines is 1. The van der Waals surface area contributed by atoms with Crippen molar-refractivity contribution in [3.63, 3.8) is 0 Å². The van der Waals surface area contributed by atoms with Gasteiger partial charge in [0, 0.05) is 11.2 Å². The van der Waals surface area contributed by atoms with Gasteiger partial charge in [0.25, 0.3) is 0 Å². The highest BCUT2D eigenvalue weighted by Crippen LogP contribution is 2.33. The fraction of sp³-hybridized carbons (Fsp3) is 0.136. The number of aromatic nitrogens is 2. The highest BCUT2D eigenvalue weighted by molar-refractivity contribution is 7.22. The Labute approximate surface area is 176 Å². The number of nitrogens with zero attached hydrogens (tertiary/aromatic N) is 3. The predicted molar refractivity (Wildman–Crippen MR) is 115 cm³/mol. The van der Waals surface area contributed by atoms with Gasteiger partial charge in [0.2, 0.25) is 5.91 Å². The quantitative estimate of drug-likeness (QED) is 0.420. The van der Waals surface area contributed by atoms with Gasteiger partial charge in [0.05, 0.1) is 28.9 Å². The molecule has 7 heteroatoms. The van der Waals surface area contributed by atoms with Crippen LogP contribution in [0.1, 0.15) is 16.8 Å². The van der Waals surface area contributed by atoms with Crippen LogP contribution in [0.4, 0.5) is 9.52 Å². The van der Waals surface area contributed by atoms with E-state index in [-0.39, 0.29) is 18.1 Å². The molecule has 0 bridgehead atoms. The van der Waals surface area contributed by atoms with Gasteiger partial charge >= 0.3 is 0 Å². The van der Waals surface area contributed by atoms with Crippen LogP contribution >= 0.6 is 22.9 Å². The van der Waals surface area contributed by atoms with Crippen LogP contribution in [-0.2, 0) is 17.8 Å². The van der Waals surface area contributed by atoms with Crippen molar-refractivity contribution in [3.05, 3.63) is 88.5 Å². The Hall–Kier alpha value is -2.83. The molecule has 0 fully saturated rings. The van der Waals surface area contributed by atoms with Crippen LogP contribution in [0.2, 0.25) is 5.02 Å². The van der Waals surface area contributed by atoms with Crippen molar-refractivity contribution < 1.29 is 9.18 Å². The van der Waals surface area contributed by atoms with Crippen LogP contribution < -0.4 is 4.90 Å². The van der Waals surface area contributed by atoms with Crippen LogP contribution in [0.25, 0.3) is 10.2 Å². The molecule has 4 rings (SSSR count). The molecule has 2 aromatic carbocycles. The van der Waals surface area contributed by atoms with E-state index in [1.54, 1.807) is 23.2 Å². The number of hydrogen-bond acceptors (Lipinski definition) is 4.